The van der Waals surface area contributed by atoms with Crippen molar-refractivity contribution in [3.8, 4) is 11.8 Å². The van der Waals surface area contributed by atoms with Gasteiger partial charge in [-0.2, -0.15) is 13.2 Å². The molecule has 1 heterocycles. The maximum Gasteiger partial charge on any atom is 0.433 e. The van der Waals surface area contributed by atoms with Crippen LogP contribution in [0.2, 0.25) is 5.15 Å². The molecule has 0 aliphatic rings. The molecule has 6 heteroatoms. The first kappa shape index (κ1) is 13.8. The van der Waals surface area contributed by atoms with E-state index in [4.69, 9.17) is 11.6 Å². The number of nitrogens with zero attached hydrogens (tertiary/aromatic N) is 1. The lowest BCUT2D eigenvalue weighted by Crippen LogP contribution is -2.08. The van der Waals surface area contributed by atoms with Crippen molar-refractivity contribution in [1.29, 1.82) is 0 Å². The molecule has 0 saturated heterocycles. The van der Waals surface area contributed by atoms with E-state index in [1.807, 2.05) is 0 Å². The summed E-state index contributed by atoms with van der Waals surface area (Å²) in [5.41, 5.74) is -0.852. The van der Waals surface area contributed by atoms with Crippen molar-refractivity contribution < 1.29 is 17.6 Å². The monoisotopic (exact) mass is 265 g/mol. The van der Waals surface area contributed by atoms with E-state index in [0.717, 1.165) is 12.1 Å². The molecule has 1 aromatic rings. The van der Waals surface area contributed by atoms with Gasteiger partial charge in [-0.25, -0.2) is 4.98 Å². The van der Waals surface area contributed by atoms with Gasteiger partial charge in [-0.05, 0) is 18.6 Å². The molecular formula is C11H8ClF4N. The van der Waals surface area contributed by atoms with Crippen LogP contribution in [0.4, 0.5) is 17.6 Å². The van der Waals surface area contributed by atoms with Crippen LogP contribution in [-0.4, -0.2) is 11.7 Å². The van der Waals surface area contributed by atoms with E-state index in [1.165, 1.54) is 0 Å². The van der Waals surface area contributed by atoms with E-state index in [2.05, 4.69) is 16.8 Å². The number of halogens is 5. The Bertz CT molecular complexity index is 445. The minimum Gasteiger partial charge on any atom is -0.251 e. The number of pyridine rings is 1. The summed E-state index contributed by atoms with van der Waals surface area (Å²) < 4.78 is 48.5. The van der Waals surface area contributed by atoms with Crippen LogP contribution in [0.25, 0.3) is 0 Å². The Morgan fingerprint density at radius 2 is 2.00 bits per heavy atom. The number of hydrogen-bond donors (Lipinski definition) is 0. The molecule has 0 radical (unpaired) electrons. The fourth-order valence-electron chi connectivity index (χ4n) is 0.998. The second-order valence-corrected chi connectivity index (χ2v) is 3.48. The zero-order chi connectivity index (χ0) is 12.9. The summed E-state index contributed by atoms with van der Waals surface area (Å²) in [4.78, 5) is 3.21. The molecule has 0 aliphatic carbocycles. The molecule has 0 atom stereocenters. The lowest BCUT2D eigenvalue weighted by atomic mass is 10.2. The number of rotatable bonds is 2. The van der Waals surface area contributed by atoms with Gasteiger partial charge >= 0.3 is 6.18 Å². The first-order chi connectivity index (χ1) is 7.95. The number of unbranched alkanes of at least 4 members (excludes halogenated alkanes) is 1. The fourth-order valence-corrected chi connectivity index (χ4v) is 1.20. The second kappa shape index (κ2) is 5.87. The Morgan fingerprint density at radius 1 is 1.29 bits per heavy atom. The van der Waals surface area contributed by atoms with E-state index < -0.39 is 18.5 Å². The van der Waals surface area contributed by atoms with Crippen LogP contribution in [0.15, 0.2) is 12.1 Å². The van der Waals surface area contributed by atoms with Gasteiger partial charge in [0.15, 0.2) is 0 Å². The molecule has 0 aromatic carbocycles. The van der Waals surface area contributed by atoms with Crippen molar-refractivity contribution in [3.63, 3.8) is 0 Å². The van der Waals surface area contributed by atoms with Crippen LogP contribution in [0.3, 0.4) is 0 Å². The maximum atomic E-state index is 12.3. The van der Waals surface area contributed by atoms with Gasteiger partial charge in [0.25, 0.3) is 0 Å². The number of aromatic nitrogens is 1. The van der Waals surface area contributed by atoms with Crippen molar-refractivity contribution in [2.24, 2.45) is 0 Å². The van der Waals surface area contributed by atoms with Gasteiger partial charge in [-0.3, -0.25) is 4.39 Å². The van der Waals surface area contributed by atoms with Gasteiger partial charge in [0, 0.05) is 6.42 Å². The van der Waals surface area contributed by atoms with Crippen LogP contribution in [0.5, 0.6) is 0 Å². The fraction of sp³-hybridized carbons (Fsp3) is 0.364. The molecule has 0 bridgehead atoms. The van der Waals surface area contributed by atoms with Crippen LogP contribution in [0, 0.1) is 11.8 Å². The Kier molecular flexibility index (Phi) is 4.76. The zero-order valence-corrected chi connectivity index (χ0v) is 9.37. The largest absolute Gasteiger partial charge is 0.433 e. The summed E-state index contributed by atoms with van der Waals surface area (Å²) in [6.07, 6.45) is -3.91. The quantitative estimate of drug-likeness (QED) is 0.342. The van der Waals surface area contributed by atoms with E-state index in [1.54, 1.807) is 0 Å². The maximum absolute atomic E-state index is 12.3. The third kappa shape index (κ3) is 4.23. The van der Waals surface area contributed by atoms with Crippen molar-refractivity contribution in [2.75, 3.05) is 6.67 Å². The van der Waals surface area contributed by atoms with Crippen molar-refractivity contribution in [2.45, 2.75) is 19.0 Å². The van der Waals surface area contributed by atoms with Gasteiger partial charge < -0.3 is 0 Å². The average molecular weight is 266 g/mol. The van der Waals surface area contributed by atoms with Gasteiger partial charge in [0.05, 0.1) is 12.2 Å². The molecule has 92 valence electrons. The van der Waals surface area contributed by atoms with Gasteiger partial charge in [0.1, 0.15) is 10.8 Å². The molecule has 1 aromatic heterocycles. The van der Waals surface area contributed by atoms with Crippen LogP contribution in [0.1, 0.15) is 24.1 Å². The predicted octanol–water partition coefficient (Wildman–Crippen LogP) is 3.86. The molecule has 0 spiro atoms. The van der Waals surface area contributed by atoms with Crippen molar-refractivity contribution in [3.05, 3.63) is 28.5 Å². The number of hydrogen-bond acceptors (Lipinski definition) is 1. The minimum absolute atomic E-state index is 0.207. The SMILES string of the molecule is FCCCC#Cc1ccc(C(F)(F)F)nc1Cl. The van der Waals surface area contributed by atoms with Crippen LogP contribution < -0.4 is 0 Å². The Hall–Kier alpha value is -1.28. The zero-order valence-electron chi connectivity index (χ0n) is 8.61. The van der Waals surface area contributed by atoms with Crippen molar-refractivity contribution >= 4 is 11.6 Å². The molecule has 0 saturated carbocycles. The first-order valence-electron chi connectivity index (χ1n) is 4.73. The molecule has 0 N–H and O–H groups in total. The van der Waals surface area contributed by atoms with Gasteiger partial charge in [-0.1, -0.05) is 23.4 Å². The summed E-state index contributed by atoms with van der Waals surface area (Å²) >= 11 is 5.56. The Balaban J connectivity index is 2.86. The lowest BCUT2D eigenvalue weighted by Gasteiger charge is -2.05. The molecule has 0 amide bonds. The highest BCUT2D eigenvalue weighted by Crippen LogP contribution is 2.29. The summed E-state index contributed by atoms with van der Waals surface area (Å²) in [5.74, 6) is 5.15. The summed E-state index contributed by atoms with van der Waals surface area (Å²) in [7, 11) is 0. The topological polar surface area (TPSA) is 12.9 Å². The molecule has 1 nitrogen and oxygen atoms in total. The minimum atomic E-state index is -4.52. The smallest absolute Gasteiger partial charge is 0.251 e. The predicted molar refractivity (Wildman–Crippen MR) is 56.3 cm³/mol. The Labute approximate surface area is 101 Å². The molecule has 0 fully saturated rings. The normalized spacial score (nSPS) is 10.9. The molecular weight excluding hydrogens is 258 g/mol. The van der Waals surface area contributed by atoms with Crippen LogP contribution in [-0.2, 0) is 6.18 Å². The van der Waals surface area contributed by atoms with Crippen LogP contribution >= 0.6 is 11.6 Å². The third-order valence-corrected chi connectivity index (χ3v) is 2.09. The summed E-state index contributed by atoms with van der Waals surface area (Å²) in [6, 6.07) is 1.96. The number of alkyl halides is 4. The first-order valence-corrected chi connectivity index (χ1v) is 5.11. The summed E-state index contributed by atoms with van der Waals surface area (Å²) in [5, 5.41) is -0.299. The summed E-state index contributed by atoms with van der Waals surface area (Å²) in [6.45, 7) is -0.478. The van der Waals surface area contributed by atoms with E-state index in [-0.39, 0.29) is 10.7 Å². The Morgan fingerprint density at radius 3 is 2.53 bits per heavy atom. The second-order valence-electron chi connectivity index (χ2n) is 3.13. The van der Waals surface area contributed by atoms with E-state index in [9.17, 15) is 17.6 Å². The average Bonchev–Trinajstić information content (AvgIpc) is 2.24. The lowest BCUT2D eigenvalue weighted by molar-refractivity contribution is -0.141. The standard InChI is InChI=1S/C11H8ClF4N/c12-10-8(4-2-1-3-7-13)5-6-9(17-10)11(14,15)16/h5-6H,1,3,7H2. The van der Waals surface area contributed by atoms with Gasteiger partial charge in [-0.15, -0.1) is 0 Å². The molecule has 0 aliphatic heterocycles. The van der Waals surface area contributed by atoms with E-state index >= 15 is 0 Å². The highest BCUT2D eigenvalue weighted by molar-refractivity contribution is 6.30. The highest BCUT2D eigenvalue weighted by Gasteiger charge is 2.32. The molecule has 1 rings (SSSR count). The molecule has 0 unspecified atom stereocenters. The van der Waals surface area contributed by atoms with E-state index in [0.29, 0.717) is 12.8 Å². The highest BCUT2D eigenvalue weighted by atomic mass is 35.5. The van der Waals surface area contributed by atoms with Gasteiger partial charge in [0.2, 0.25) is 0 Å². The molecule has 17 heavy (non-hydrogen) atoms. The van der Waals surface area contributed by atoms with Crippen molar-refractivity contribution in [1.82, 2.24) is 4.98 Å². The third-order valence-electron chi connectivity index (χ3n) is 1.80.